The molecular formula is C15H11FN2S. The van der Waals surface area contributed by atoms with Gasteiger partial charge in [0.25, 0.3) is 0 Å². The van der Waals surface area contributed by atoms with Crippen LogP contribution in [0.2, 0.25) is 0 Å². The normalized spacial score (nSPS) is 10.6. The van der Waals surface area contributed by atoms with Gasteiger partial charge in [0, 0.05) is 29.3 Å². The fourth-order valence-corrected chi connectivity index (χ4v) is 2.62. The van der Waals surface area contributed by atoms with E-state index in [1.165, 1.54) is 12.1 Å². The lowest BCUT2D eigenvalue weighted by molar-refractivity contribution is 0.628. The third-order valence-electron chi connectivity index (χ3n) is 2.75. The molecular weight excluding hydrogens is 259 g/mol. The molecule has 0 saturated heterocycles. The van der Waals surface area contributed by atoms with Crippen LogP contribution in [0.3, 0.4) is 0 Å². The quantitative estimate of drug-likeness (QED) is 0.720. The molecule has 0 unspecified atom stereocenters. The molecule has 2 aromatic heterocycles. The molecule has 0 aliphatic heterocycles. The molecule has 4 heteroatoms. The van der Waals surface area contributed by atoms with Gasteiger partial charge in [-0.1, -0.05) is 6.07 Å². The Labute approximate surface area is 114 Å². The second-order valence-corrected chi connectivity index (χ2v) is 5.07. The summed E-state index contributed by atoms with van der Waals surface area (Å²) in [4.78, 5) is 8.85. The van der Waals surface area contributed by atoms with Crippen molar-refractivity contribution in [3.8, 4) is 11.3 Å². The molecule has 0 atom stereocenters. The van der Waals surface area contributed by atoms with E-state index in [0.717, 1.165) is 28.4 Å². The monoisotopic (exact) mass is 270 g/mol. The highest BCUT2D eigenvalue weighted by Crippen LogP contribution is 2.23. The van der Waals surface area contributed by atoms with Gasteiger partial charge in [0.2, 0.25) is 0 Å². The van der Waals surface area contributed by atoms with E-state index in [-0.39, 0.29) is 5.82 Å². The molecule has 0 aliphatic carbocycles. The largest absolute Gasteiger partial charge is 0.261 e. The predicted octanol–water partition coefficient (Wildman–Crippen LogP) is 3.94. The Morgan fingerprint density at radius 2 is 1.89 bits per heavy atom. The first-order chi connectivity index (χ1) is 9.31. The Kier molecular flexibility index (Phi) is 3.33. The number of aromatic nitrogens is 2. The number of rotatable bonds is 3. The first-order valence-electron chi connectivity index (χ1n) is 5.91. The van der Waals surface area contributed by atoms with E-state index in [1.807, 2.05) is 23.6 Å². The molecule has 0 bridgehead atoms. The highest BCUT2D eigenvalue weighted by atomic mass is 32.1. The summed E-state index contributed by atoms with van der Waals surface area (Å²) in [6, 6.07) is 12.2. The van der Waals surface area contributed by atoms with Crippen molar-refractivity contribution < 1.29 is 4.39 Å². The Balaban J connectivity index is 1.82. The molecule has 0 N–H and O–H groups in total. The molecule has 0 aliphatic rings. The minimum Gasteiger partial charge on any atom is -0.261 e. The Morgan fingerprint density at radius 1 is 1.05 bits per heavy atom. The van der Waals surface area contributed by atoms with E-state index in [1.54, 1.807) is 29.7 Å². The van der Waals surface area contributed by atoms with Gasteiger partial charge in [-0.05, 0) is 36.4 Å². The predicted molar refractivity (Wildman–Crippen MR) is 74.6 cm³/mol. The van der Waals surface area contributed by atoms with E-state index < -0.39 is 0 Å². The van der Waals surface area contributed by atoms with Crippen molar-refractivity contribution in [1.82, 2.24) is 9.97 Å². The molecule has 2 heterocycles. The van der Waals surface area contributed by atoms with Crippen LogP contribution in [0.25, 0.3) is 11.3 Å². The summed E-state index contributed by atoms with van der Waals surface area (Å²) in [6.45, 7) is 0. The van der Waals surface area contributed by atoms with E-state index in [2.05, 4.69) is 9.97 Å². The van der Waals surface area contributed by atoms with Crippen LogP contribution < -0.4 is 0 Å². The average Bonchev–Trinajstić information content (AvgIpc) is 2.89. The highest BCUT2D eigenvalue weighted by molar-refractivity contribution is 7.10. The van der Waals surface area contributed by atoms with E-state index in [9.17, 15) is 4.39 Å². The summed E-state index contributed by atoms with van der Waals surface area (Å²) < 4.78 is 12.9. The Hall–Kier alpha value is -2.07. The summed E-state index contributed by atoms with van der Waals surface area (Å²) in [7, 11) is 0. The van der Waals surface area contributed by atoms with Crippen LogP contribution in [-0.2, 0) is 6.42 Å². The second kappa shape index (κ2) is 5.28. The zero-order valence-corrected chi connectivity index (χ0v) is 10.9. The third kappa shape index (κ3) is 2.85. The summed E-state index contributed by atoms with van der Waals surface area (Å²) in [5, 5.41) is 3.00. The van der Waals surface area contributed by atoms with Crippen LogP contribution in [0.4, 0.5) is 4.39 Å². The zero-order chi connectivity index (χ0) is 13.1. The lowest BCUT2D eigenvalue weighted by atomic mass is 10.2. The van der Waals surface area contributed by atoms with Crippen molar-refractivity contribution in [2.45, 2.75) is 6.42 Å². The summed E-state index contributed by atoms with van der Waals surface area (Å²) >= 11 is 1.60. The van der Waals surface area contributed by atoms with E-state index in [0.29, 0.717) is 0 Å². The summed E-state index contributed by atoms with van der Waals surface area (Å²) in [6.07, 6.45) is 2.51. The number of thiazole rings is 1. The van der Waals surface area contributed by atoms with Crippen LogP contribution >= 0.6 is 11.3 Å². The van der Waals surface area contributed by atoms with Crippen molar-refractivity contribution in [3.63, 3.8) is 0 Å². The molecule has 3 aromatic rings. The van der Waals surface area contributed by atoms with E-state index in [4.69, 9.17) is 0 Å². The maximum Gasteiger partial charge on any atom is 0.123 e. The van der Waals surface area contributed by atoms with Gasteiger partial charge < -0.3 is 0 Å². The van der Waals surface area contributed by atoms with Crippen LogP contribution in [-0.4, -0.2) is 9.97 Å². The third-order valence-corrected chi connectivity index (χ3v) is 3.60. The van der Waals surface area contributed by atoms with Gasteiger partial charge in [-0.3, -0.25) is 4.98 Å². The van der Waals surface area contributed by atoms with Crippen LogP contribution in [0.15, 0.2) is 54.0 Å². The number of pyridine rings is 1. The number of halogens is 1. The minimum atomic E-state index is -0.229. The van der Waals surface area contributed by atoms with Crippen molar-refractivity contribution in [2.24, 2.45) is 0 Å². The Bertz CT molecular complexity index is 662. The van der Waals surface area contributed by atoms with Crippen molar-refractivity contribution in [2.75, 3.05) is 0 Å². The zero-order valence-electron chi connectivity index (χ0n) is 10.1. The highest BCUT2D eigenvalue weighted by Gasteiger charge is 2.06. The first kappa shape index (κ1) is 12.0. The van der Waals surface area contributed by atoms with Gasteiger partial charge in [-0.2, -0.15) is 0 Å². The Morgan fingerprint density at radius 3 is 2.63 bits per heavy atom. The van der Waals surface area contributed by atoms with Gasteiger partial charge in [0.05, 0.1) is 10.7 Å². The molecule has 1 aromatic carbocycles. The smallest absolute Gasteiger partial charge is 0.123 e. The molecule has 0 fully saturated rings. The summed E-state index contributed by atoms with van der Waals surface area (Å²) in [5.41, 5.74) is 2.82. The minimum absolute atomic E-state index is 0.229. The van der Waals surface area contributed by atoms with Crippen LogP contribution in [0.1, 0.15) is 10.7 Å². The molecule has 0 saturated carbocycles. The van der Waals surface area contributed by atoms with Gasteiger partial charge in [0.1, 0.15) is 5.82 Å². The maximum atomic E-state index is 12.9. The lowest BCUT2D eigenvalue weighted by Gasteiger charge is -1.97. The van der Waals surface area contributed by atoms with Crippen LogP contribution in [0, 0.1) is 5.82 Å². The molecule has 0 radical (unpaired) electrons. The standard InChI is InChI=1S/C15H11FN2S/c16-12-6-4-11(5-7-12)14-10-19-15(18-14)9-13-3-1-2-8-17-13/h1-8,10H,9H2. The average molecular weight is 270 g/mol. The molecule has 0 amide bonds. The van der Waals surface area contributed by atoms with Gasteiger partial charge >= 0.3 is 0 Å². The number of nitrogens with zero attached hydrogens (tertiary/aromatic N) is 2. The SMILES string of the molecule is Fc1ccc(-c2csc(Cc3ccccn3)n2)cc1. The van der Waals surface area contributed by atoms with Gasteiger partial charge in [0.15, 0.2) is 0 Å². The fourth-order valence-electron chi connectivity index (χ4n) is 1.80. The van der Waals surface area contributed by atoms with Gasteiger partial charge in [-0.25, -0.2) is 9.37 Å². The topological polar surface area (TPSA) is 25.8 Å². The first-order valence-corrected chi connectivity index (χ1v) is 6.79. The van der Waals surface area contributed by atoms with Gasteiger partial charge in [-0.15, -0.1) is 11.3 Å². The molecule has 2 nitrogen and oxygen atoms in total. The summed E-state index contributed by atoms with van der Waals surface area (Å²) in [5.74, 6) is -0.229. The van der Waals surface area contributed by atoms with Crippen LogP contribution in [0.5, 0.6) is 0 Å². The fraction of sp³-hybridized carbons (Fsp3) is 0.0667. The second-order valence-electron chi connectivity index (χ2n) is 4.13. The molecule has 19 heavy (non-hydrogen) atoms. The van der Waals surface area contributed by atoms with Crippen molar-refractivity contribution >= 4 is 11.3 Å². The molecule has 0 spiro atoms. The number of hydrogen-bond donors (Lipinski definition) is 0. The molecule has 94 valence electrons. The lowest BCUT2D eigenvalue weighted by Crippen LogP contribution is -1.90. The van der Waals surface area contributed by atoms with Crippen molar-refractivity contribution in [1.29, 1.82) is 0 Å². The molecule has 3 rings (SSSR count). The number of benzene rings is 1. The van der Waals surface area contributed by atoms with Crippen molar-refractivity contribution in [3.05, 3.63) is 70.6 Å². The maximum absolute atomic E-state index is 12.9. The number of hydrogen-bond acceptors (Lipinski definition) is 3. The van der Waals surface area contributed by atoms with E-state index >= 15 is 0 Å².